The predicted molar refractivity (Wildman–Crippen MR) is 169 cm³/mol. The van der Waals surface area contributed by atoms with Gasteiger partial charge in [0.1, 0.15) is 6.61 Å². The Bertz CT molecular complexity index is 1630. The average molecular weight is 654 g/mol. The number of hydrogen-bond donors (Lipinski definition) is 3. The Kier molecular flexibility index (Phi) is 7.43. The van der Waals surface area contributed by atoms with Crippen LogP contribution in [0.3, 0.4) is 0 Å². The predicted octanol–water partition coefficient (Wildman–Crippen LogP) is 6.23. The number of Topliss-reactive ketones (excluding diaryl/α,β-unsaturated/α-hetero) is 1. The number of allylic oxidation sites excluding steroid dienone is 4. The fourth-order valence-corrected chi connectivity index (χ4v) is 10.4. The summed E-state index contributed by atoms with van der Waals surface area (Å²) in [5, 5.41) is 25.7. The van der Waals surface area contributed by atoms with Crippen molar-refractivity contribution in [1.82, 2.24) is 0 Å². The van der Waals surface area contributed by atoms with E-state index in [1.165, 1.54) is 12.2 Å². The quantitative estimate of drug-likeness (QED) is 0.337. The molecule has 9 atom stereocenters. The van der Waals surface area contributed by atoms with Crippen LogP contribution in [0, 0.1) is 22.7 Å². The highest BCUT2D eigenvalue weighted by molar-refractivity contribution is 7.99. The van der Waals surface area contributed by atoms with Gasteiger partial charge in [-0.25, -0.2) is 4.39 Å². The van der Waals surface area contributed by atoms with Crippen LogP contribution >= 0.6 is 23.4 Å². The topological polar surface area (TPSA) is 105 Å². The van der Waals surface area contributed by atoms with E-state index >= 15 is 4.39 Å². The Morgan fingerprint density at radius 2 is 1.89 bits per heavy atom. The minimum Gasteiger partial charge on any atom is -0.390 e. The van der Waals surface area contributed by atoms with Gasteiger partial charge in [-0.15, -0.1) is 0 Å². The Hall–Kier alpha value is -2.53. The Morgan fingerprint density at radius 1 is 1.16 bits per heavy atom. The lowest BCUT2D eigenvalue weighted by molar-refractivity contribution is -0.231. The van der Waals surface area contributed by atoms with Crippen molar-refractivity contribution in [3.63, 3.8) is 0 Å². The van der Waals surface area contributed by atoms with Gasteiger partial charge in [0.15, 0.2) is 29.1 Å². The van der Waals surface area contributed by atoms with Crippen molar-refractivity contribution in [2.45, 2.75) is 79.1 Å². The molecule has 3 saturated carbocycles. The first-order valence-corrected chi connectivity index (χ1v) is 16.6. The number of aliphatic hydroxyl groups excluding tert-OH is 2. The Morgan fingerprint density at radius 3 is 2.60 bits per heavy atom. The summed E-state index contributed by atoms with van der Waals surface area (Å²) in [6.07, 6.45) is 2.77. The molecule has 3 N–H and O–H groups in total. The maximum Gasteiger partial charge on any atom is 0.193 e. The minimum atomic E-state index is -2.04. The minimum absolute atomic E-state index is 0.0427. The summed E-state index contributed by atoms with van der Waals surface area (Å²) in [4.78, 5) is 27.9. The van der Waals surface area contributed by atoms with Crippen LogP contribution in [-0.2, 0) is 19.1 Å². The zero-order valence-corrected chi connectivity index (χ0v) is 27.0. The van der Waals surface area contributed by atoms with Crippen molar-refractivity contribution < 1.29 is 33.7 Å². The van der Waals surface area contributed by atoms with Crippen molar-refractivity contribution in [1.29, 1.82) is 0 Å². The van der Waals surface area contributed by atoms with Crippen LogP contribution in [0.25, 0.3) is 0 Å². The third-order valence-corrected chi connectivity index (χ3v) is 12.9. The first kappa shape index (κ1) is 31.1. The van der Waals surface area contributed by atoms with Crippen molar-refractivity contribution in [3.8, 4) is 0 Å². The number of halogens is 2. The number of nitrogens with one attached hydrogen (secondary N) is 1. The van der Waals surface area contributed by atoms with Gasteiger partial charge in [0.2, 0.25) is 0 Å². The van der Waals surface area contributed by atoms with Crippen LogP contribution in [0.1, 0.15) is 51.4 Å². The molecule has 45 heavy (non-hydrogen) atoms. The van der Waals surface area contributed by atoms with Crippen molar-refractivity contribution in [2.75, 3.05) is 19.0 Å². The van der Waals surface area contributed by atoms with Crippen molar-refractivity contribution >= 4 is 40.6 Å². The monoisotopic (exact) mass is 653 g/mol. The molecule has 7 rings (SSSR count). The van der Waals surface area contributed by atoms with Crippen molar-refractivity contribution in [3.05, 3.63) is 76.9 Å². The van der Waals surface area contributed by atoms with Gasteiger partial charge in [-0.2, -0.15) is 0 Å². The Balaban J connectivity index is 1.18. The molecule has 0 bridgehead atoms. The van der Waals surface area contributed by atoms with Gasteiger partial charge in [0.05, 0.1) is 22.9 Å². The molecule has 0 aromatic heterocycles. The summed E-state index contributed by atoms with van der Waals surface area (Å²) in [6.45, 7) is 2.90. The second kappa shape index (κ2) is 10.8. The highest BCUT2D eigenvalue weighted by Crippen LogP contribution is 2.72. The largest absolute Gasteiger partial charge is 0.390 e. The standard InChI is InChI=1S/C35H37ClFNO6S/c1-32-13-12-21(40)14-20(32)6-10-24-25-16-30-35(29(42)18-39,33(25,2)17-28(41)34(24,32)37)44-31(43-30)19-4-7-22(8-5-19)45-23-9-11-26(36)27(15-23)38-3/h4-5,7-9,11-15,24-25,28,30-31,38-39,41H,6,10,16-18H2,1-3H3/t24-,25-,28-,30+,31+,32-,33-,34-,35+/m0/s1. The highest BCUT2D eigenvalue weighted by atomic mass is 35.5. The molecule has 0 unspecified atom stereocenters. The molecular weight excluding hydrogens is 617 g/mol. The number of alkyl halides is 1. The van der Waals surface area contributed by atoms with Crippen LogP contribution in [0.5, 0.6) is 0 Å². The van der Waals surface area contributed by atoms with E-state index in [2.05, 4.69) is 5.32 Å². The maximum atomic E-state index is 17.6. The van der Waals surface area contributed by atoms with Gasteiger partial charge >= 0.3 is 0 Å². The third-order valence-electron chi connectivity index (χ3n) is 11.5. The third kappa shape index (κ3) is 4.24. The molecule has 0 amide bonds. The van der Waals surface area contributed by atoms with Gasteiger partial charge in [0, 0.05) is 39.1 Å². The summed E-state index contributed by atoms with van der Waals surface area (Å²) in [6, 6.07) is 13.5. The molecular formula is C35H37ClFNO6S. The summed E-state index contributed by atoms with van der Waals surface area (Å²) in [5.74, 6) is -1.63. The summed E-state index contributed by atoms with van der Waals surface area (Å²) in [7, 11) is 1.82. The number of hydrogen-bond acceptors (Lipinski definition) is 8. The van der Waals surface area contributed by atoms with Gasteiger partial charge in [-0.05, 0) is 81.0 Å². The molecule has 5 aliphatic rings. The van der Waals surface area contributed by atoms with E-state index in [1.54, 1.807) is 24.8 Å². The van der Waals surface area contributed by atoms with E-state index < -0.39 is 58.9 Å². The van der Waals surface area contributed by atoms with Gasteiger partial charge in [-0.3, -0.25) is 9.59 Å². The van der Waals surface area contributed by atoms with E-state index in [0.717, 1.165) is 21.0 Å². The number of fused-ring (bicyclic) bond motifs is 7. The summed E-state index contributed by atoms with van der Waals surface area (Å²) >= 11 is 7.80. The fourth-order valence-electron chi connectivity index (χ4n) is 9.31. The lowest BCUT2D eigenvalue weighted by Crippen LogP contribution is -2.69. The molecule has 1 saturated heterocycles. The first-order valence-electron chi connectivity index (χ1n) is 15.4. The van der Waals surface area contributed by atoms with Gasteiger partial charge < -0.3 is 25.0 Å². The molecule has 1 heterocycles. The van der Waals surface area contributed by atoms with Gasteiger partial charge in [-0.1, -0.05) is 54.1 Å². The second-order valence-corrected chi connectivity index (χ2v) is 15.0. The normalized spacial score (nSPS) is 39.8. The molecule has 4 aliphatic carbocycles. The number of ketones is 2. The highest BCUT2D eigenvalue weighted by Gasteiger charge is 2.79. The van der Waals surface area contributed by atoms with E-state index in [-0.39, 0.29) is 18.1 Å². The lowest BCUT2D eigenvalue weighted by Gasteiger charge is -2.62. The fraction of sp³-hybridized carbons (Fsp3) is 0.486. The summed E-state index contributed by atoms with van der Waals surface area (Å²) < 4.78 is 30.7. The maximum absolute atomic E-state index is 17.6. The van der Waals surface area contributed by atoms with E-state index in [4.69, 9.17) is 21.1 Å². The number of anilines is 1. The van der Waals surface area contributed by atoms with E-state index in [0.29, 0.717) is 29.9 Å². The molecule has 7 nitrogen and oxygen atoms in total. The number of benzene rings is 2. The zero-order chi connectivity index (χ0) is 31.9. The number of carbonyl (C=O) groups excluding carboxylic acids is 2. The Labute approximate surface area is 271 Å². The van der Waals surface area contributed by atoms with E-state index in [9.17, 15) is 19.8 Å². The second-order valence-electron chi connectivity index (χ2n) is 13.5. The first-order chi connectivity index (χ1) is 21.4. The average Bonchev–Trinajstić information content (AvgIpc) is 3.52. The van der Waals surface area contributed by atoms with Crippen LogP contribution in [0.4, 0.5) is 10.1 Å². The van der Waals surface area contributed by atoms with E-state index in [1.807, 2.05) is 56.4 Å². The molecule has 2 aromatic carbocycles. The van der Waals surface area contributed by atoms with Crippen LogP contribution < -0.4 is 5.32 Å². The zero-order valence-electron chi connectivity index (χ0n) is 25.4. The molecule has 2 aromatic rings. The molecule has 0 radical (unpaired) electrons. The smallest absolute Gasteiger partial charge is 0.193 e. The molecule has 0 spiro atoms. The molecule has 1 aliphatic heterocycles. The van der Waals surface area contributed by atoms with Gasteiger partial charge in [0.25, 0.3) is 0 Å². The lowest BCUT2D eigenvalue weighted by atomic mass is 9.44. The molecule has 238 valence electrons. The molecule has 4 fully saturated rings. The SMILES string of the molecule is CNc1cc(Sc2ccc([C@@H]3O[C@@H]4C[C@H]5[C@@H]6CCC7=CC(=O)C=C[C@]7(C)[C@@]6(F)[C@@H](O)C[C@]5(C)[C@]4(C(=O)CO)O3)cc2)ccc1Cl. The number of aliphatic hydroxyl groups is 2. The van der Waals surface area contributed by atoms with Crippen molar-refractivity contribution in [2.24, 2.45) is 22.7 Å². The van der Waals surface area contributed by atoms with Crippen LogP contribution in [0.15, 0.2) is 76.1 Å². The number of carbonyl (C=O) groups is 2. The molecule has 10 heteroatoms. The summed E-state index contributed by atoms with van der Waals surface area (Å²) in [5.41, 5.74) is -3.46. The number of rotatable bonds is 6. The van der Waals surface area contributed by atoms with Crippen LogP contribution in [0.2, 0.25) is 5.02 Å². The van der Waals surface area contributed by atoms with Crippen LogP contribution in [-0.4, -0.2) is 58.9 Å². The number of ether oxygens (including phenoxy) is 2.